The van der Waals surface area contributed by atoms with Crippen molar-refractivity contribution in [2.24, 2.45) is 12.8 Å². The highest BCUT2D eigenvalue weighted by molar-refractivity contribution is 7.94. The molecule has 0 bridgehead atoms. The molecule has 1 aromatic heterocycles. The summed E-state index contributed by atoms with van der Waals surface area (Å²) in [7, 11) is -2.08. The highest BCUT2D eigenvalue weighted by atomic mass is 32.2. The number of amides is 2. The van der Waals surface area contributed by atoms with Crippen molar-refractivity contribution in [1.82, 2.24) is 14.7 Å². The summed E-state index contributed by atoms with van der Waals surface area (Å²) in [6, 6.07) is 8.69. The Kier molecular flexibility index (Phi) is 4.18. The fourth-order valence-corrected chi connectivity index (χ4v) is 5.32. The molecule has 10 heteroatoms. The minimum atomic E-state index is -3.66. The first-order valence-electron chi connectivity index (χ1n) is 8.96. The molecule has 2 amide bonds. The average molecular weight is 403 g/mol. The van der Waals surface area contributed by atoms with Gasteiger partial charge in [0, 0.05) is 31.4 Å². The van der Waals surface area contributed by atoms with Gasteiger partial charge >= 0.3 is 0 Å². The van der Waals surface area contributed by atoms with Crippen LogP contribution >= 0.6 is 0 Å². The van der Waals surface area contributed by atoms with E-state index in [9.17, 15) is 18.0 Å². The zero-order chi connectivity index (χ0) is 20.1. The Balaban J connectivity index is 1.57. The fourth-order valence-electron chi connectivity index (χ4n) is 3.69. The molecule has 0 saturated heterocycles. The predicted octanol–water partition coefficient (Wildman–Crippen LogP) is 0.492. The molecule has 1 aliphatic heterocycles. The number of aromatic nitrogens is 2. The number of nitrogens with one attached hydrogen (secondary N) is 1. The monoisotopic (exact) mass is 403 g/mol. The highest BCUT2D eigenvalue weighted by Gasteiger charge is 2.56. The molecule has 1 fully saturated rings. The van der Waals surface area contributed by atoms with Crippen LogP contribution in [0.3, 0.4) is 0 Å². The van der Waals surface area contributed by atoms with Crippen molar-refractivity contribution < 1.29 is 18.0 Å². The molecule has 2 heterocycles. The van der Waals surface area contributed by atoms with E-state index in [0.717, 1.165) is 0 Å². The van der Waals surface area contributed by atoms with Crippen LogP contribution in [0.2, 0.25) is 0 Å². The molecule has 0 radical (unpaired) electrons. The SMILES string of the molecule is Cn1nc(C(N)=O)c2c1C(=O)N(CC1(S(=O)(=O)Nc3ccccc3)CC1)CC2. The lowest BCUT2D eigenvalue weighted by molar-refractivity contribution is 0.0724. The molecular formula is C18H21N5O4S. The molecule has 148 valence electrons. The van der Waals surface area contributed by atoms with Gasteiger partial charge in [-0.05, 0) is 31.4 Å². The lowest BCUT2D eigenvalue weighted by Gasteiger charge is -2.31. The minimum absolute atomic E-state index is 0.102. The Bertz CT molecular complexity index is 1060. The normalized spacial score (nSPS) is 17.9. The molecule has 0 spiro atoms. The first kappa shape index (κ1) is 18.5. The zero-order valence-electron chi connectivity index (χ0n) is 15.4. The van der Waals surface area contributed by atoms with Gasteiger partial charge in [-0.2, -0.15) is 5.10 Å². The molecule has 9 nitrogen and oxygen atoms in total. The summed E-state index contributed by atoms with van der Waals surface area (Å²) in [5, 5.41) is 4.06. The van der Waals surface area contributed by atoms with E-state index in [2.05, 4.69) is 9.82 Å². The third kappa shape index (κ3) is 2.93. The smallest absolute Gasteiger partial charge is 0.272 e. The summed E-state index contributed by atoms with van der Waals surface area (Å²) in [5.74, 6) is -1.00. The van der Waals surface area contributed by atoms with Crippen LogP contribution in [0, 0.1) is 0 Å². The largest absolute Gasteiger partial charge is 0.364 e. The molecular weight excluding hydrogens is 382 g/mol. The summed E-state index contributed by atoms with van der Waals surface area (Å²) in [6.07, 6.45) is 1.39. The van der Waals surface area contributed by atoms with Gasteiger partial charge in [0.2, 0.25) is 10.0 Å². The van der Waals surface area contributed by atoms with Crippen molar-refractivity contribution in [2.75, 3.05) is 17.8 Å². The van der Waals surface area contributed by atoms with Crippen LogP contribution < -0.4 is 10.5 Å². The summed E-state index contributed by atoms with van der Waals surface area (Å²) < 4.78 is 28.9. The van der Waals surface area contributed by atoms with E-state index < -0.39 is 20.7 Å². The molecule has 0 unspecified atom stereocenters. The minimum Gasteiger partial charge on any atom is -0.364 e. The number of rotatable bonds is 6. The van der Waals surface area contributed by atoms with E-state index in [0.29, 0.717) is 42.8 Å². The maximum absolute atomic E-state index is 13.0. The van der Waals surface area contributed by atoms with E-state index >= 15 is 0 Å². The third-order valence-electron chi connectivity index (χ3n) is 5.38. The molecule has 4 rings (SSSR count). The Hall–Kier alpha value is -2.88. The third-order valence-corrected chi connectivity index (χ3v) is 7.56. The lowest BCUT2D eigenvalue weighted by Crippen LogP contribution is -2.47. The van der Waals surface area contributed by atoms with Gasteiger partial charge in [-0.25, -0.2) is 8.42 Å². The van der Waals surface area contributed by atoms with E-state index in [-0.39, 0.29) is 18.1 Å². The number of hydrogen-bond donors (Lipinski definition) is 2. The molecule has 28 heavy (non-hydrogen) atoms. The summed E-state index contributed by atoms with van der Waals surface area (Å²) >= 11 is 0. The van der Waals surface area contributed by atoms with Crippen molar-refractivity contribution >= 4 is 27.5 Å². The summed E-state index contributed by atoms with van der Waals surface area (Å²) in [4.78, 5) is 26.0. The number of sulfonamides is 1. The van der Waals surface area contributed by atoms with Gasteiger partial charge in [0.15, 0.2) is 5.69 Å². The average Bonchev–Trinajstić information content (AvgIpc) is 3.35. The van der Waals surface area contributed by atoms with Gasteiger partial charge in [0.05, 0.1) is 0 Å². The number of benzene rings is 1. The number of hydrogen-bond acceptors (Lipinski definition) is 5. The van der Waals surface area contributed by atoms with Gasteiger partial charge in [0.1, 0.15) is 10.4 Å². The topological polar surface area (TPSA) is 127 Å². The van der Waals surface area contributed by atoms with Crippen LogP contribution in [0.5, 0.6) is 0 Å². The standard InChI is InChI=1S/C18H21N5O4S/c1-22-15-13(14(20-22)16(19)24)7-10-23(17(15)25)11-18(8-9-18)28(26,27)21-12-5-3-2-4-6-12/h2-6,21H,7-11H2,1H3,(H2,19,24). The van der Waals surface area contributed by atoms with Crippen molar-refractivity contribution in [3.05, 3.63) is 47.3 Å². The number of carbonyl (C=O) groups excluding carboxylic acids is 2. The second-order valence-electron chi connectivity index (χ2n) is 7.29. The Morgan fingerprint density at radius 3 is 2.57 bits per heavy atom. The Morgan fingerprint density at radius 1 is 1.29 bits per heavy atom. The van der Waals surface area contributed by atoms with Crippen molar-refractivity contribution in [3.8, 4) is 0 Å². The second kappa shape index (κ2) is 6.33. The fraction of sp³-hybridized carbons (Fsp3) is 0.389. The van der Waals surface area contributed by atoms with Crippen LogP contribution in [0.25, 0.3) is 0 Å². The van der Waals surface area contributed by atoms with Gasteiger partial charge in [-0.3, -0.25) is 19.0 Å². The maximum atomic E-state index is 13.0. The van der Waals surface area contributed by atoms with E-state index in [1.165, 1.54) is 9.58 Å². The number of fused-ring (bicyclic) bond motifs is 1. The van der Waals surface area contributed by atoms with Crippen molar-refractivity contribution in [3.63, 3.8) is 0 Å². The lowest BCUT2D eigenvalue weighted by atomic mass is 10.0. The summed E-state index contributed by atoms with van der Waals surface area (Å²) in [5.41, 5.74) is 6.78. The number of aryl methyl sites for hydroxylation is 1. The molecule has 1 aromatic carbocycles. The highest BCUT2D eigenvalue weighted by Crippen LogP contribution is 2.45. The van der Waals surface area contributed by atoms with Crippen LogP contribution in [0.1, 0.15) is 39.4 Å². The molecule has 3 N–H and O–H groups in total. The molecule has 2 aromatic rings. The van der Waals surface area contributed by atoms with Crippen molar-refractivity contribution in [2.45, 2.75) is 24.0 Å². The molecule has 1 saturated carbocycles. The van der Waals surface area contributed by atoms with Crippen LogP contribution in [-0.4, -0.2) is 52.7 Å². The van der Waals surface area contributed by atoms with Gasteiger partial charge in [0.25, 0.3) is 11.8 Å². The van der Waals surface area contributed by atoms with Gasteiger partial charge < -0.3 is 10.6 Å². The maximum Gasteiger partial charge on any atom is 0.272 e. The zero-order valence-corrected chi connectivity index (χ0v) is 16.2. The van der Waals surface area contributed by atoms with Crippen LogP contribution in [0.15, 0.2) is 30.3 Å². The number of para-hydroxylation sites is 1. The first-order valence-corrected chi connectivity index (χ1v) is 10.4. The van der Waals surface area contributed by atoms with Crippen LogP contribution in [0.4, 0.5) is 5.69 Å². The first-order chi connectivity index (χ1) is 13.2. The molecule has 2 aliphatic rings. The molecule has 0 atom stereocenters. The number of carbonyl (C=O) groups is 2. The van der Waals surface area contributed by atoms with E-state index in [4.69, 9.17) is 5.73 Å². The van der Waals surface area contributed by atoms with Gasteiger partial charge in [-0.1, -0.05) is 18.2 Å². The van der Waals surface area contributed by atoms with Crippen LogP contribution in [-0.2, 0) is 23.5 Å². The quantitative estimate of drug-likeness (QED) is 0.726. The Morgan fingerprint density at radius 2 is 1.96 bits per heavy atom. The Labute approximate surface area is 162 Å². The number of nitrogens with two attached hydrogens (primary N) is 1. The van der Waals surface area contributed by atoms with E-state index in [1.807, 2.05) is 6.07 Å². The number of anilines is 1. The van der Waals surface area contributed by atoms with E-state index in [1.54, 1.807) is 31.3 Å². The summed E-state index contributed by atoms with van der Waals surface area (Å²) in [6.45, 7) is 0.422. The van der Waals surface area contributed by atoms with Crippen molar-refractivity contribution in [1.29, 1.82) is 0 Å². The second-order valence-corrected chi connectivity index (χ2v) is 9.37. The van der Waals surface area contributed by atoms with Gasteiger partial charge in [-0.15, -0.1) is 0 Å². The predicted molar refractivity (Wildman–Crippen MR) is 102 cm³/mol. The number of primary amides is 1. The molecule has 1 aliphatic carbocycles. The number of nitrogens with zero attached hydrogens (tertiary/aromatic N) is 3.